The topological polar surface area (TPSA) is 30.7 Å². The molecule has 0 unspecified atom stereocenters. The van der Waals surface area contributed by atoms with Crippen molar-refractivity contribution in [3.05, 3.63) is 35.7 Å². The first kappa shape index (κ1) is 15.2. The summed E-state index contributed by atoms with van der Waals surface area (Å²) < 4.78 is 2.21. The Labute approximate surface area is 129 Å². The number of hydrogen-bond donors (Lipinski definition) is 0. The van der Waals surface area contributed by atoms with E-state index in [0.717, 1.165) is 17.0 Å². The van der Waals surface area contributed by atoms with Crippen LogP contribution in [0.4, 0.5) is 0 Å². The third-order valence-corrected chi connectivity index (χ3v) is 3.88. The predicted octanol–water partition coefficient (Wildman–Crippen LogP) is 4.72. The second-order valence-electron chi connectivity index (χ2n) is 6.33. The minimum absolute atomic E-state index is 0.0823. The van der Waals surface area contributed by atoms with Gasteiger partial charge in [-0.25, -0.2) is 0 Å². The first-order chi connectivity index (χ1) is 9.36. The van der Waals surface area contributed by atoms with Gasteiger partial charge in [-0.15, -0.1) is 10.2 Å². The summed E-state index contributed by atoms with van der Waals surface area (Å²) in [5, 5.41) is 9.48. The molecular weight excluding hydrogens is 314 g/mol. The van der Waals surface area contributed by atoms with Gasteiger partial charge < -0.3 is 4.57 Å². The van der Waals surface area contributed by atoms with Gasteiger partial charge in [0.2, 0.25) is 0 Å². The molecule has 1 heterocycles. The molecule has 0 N–H and O–H groups in total. The highest BCUT2D eigenvalue weighted by Gasteiger charge is 2.23. The van der Waals surface area contributed by atoms with Crippen LogP contribution in [0.5, 0.6) is 0 Å². The van der Waals surface area contributed by atoms with Crippen molar-refractivity contribution < 1.29 is 0 Å². The van der Waals surface area contributed by atoms with Crippen molar-refractivity contribution in [1.29, 1.82) is 0 Å². The summed E-state index contributed by atoms with van der Waals surface area (Å²) in [5.41, 5.74) is 2.56. The van der Waals surface area contributed by atoms with Crippen molar-refractivity contribution in [2.24, 2.45) is 0 Å². The number of halogens is 1. The van der Waals surface area contributed by atoms with E-state index in [9.17, 15) is 0 Å². The Bertz CT molecular complexity index is 594. The minimum Gasteiger partial charge on any atom is -0.308 e. The zero-order valence-electron chi connectivity index (χ0n) is 12.8. The average molecular weight is 336 g/mol. The Kier molecular flexibility index (Phi) is 4.33. The van der Waals surface area contributed by atoms with Gasteiger partial charge in [-0.3, -0.25) is 0 Å². The highest BCUT2D eigenvalue weighted by molar-refractivity contribution is 9.08. The van der Waals surface area contributed by atoms with Crippen LogP contribution in [0.2, 0.25) is 0 Å². The monoisotopic (exact) mass is 335 g/mol. The zero-order valence-corrected chi connectivity index (χ0v) is 14.4. The molecular formula is C16H22BrN3. The molecule has 20 heavy (non-hydrogen) atoms. The van der Waals surface area contributed by atoms with Crippen molar-refractivity contribution in [1.82, 2.24) is 14.8 Å². The third-order valence-electron chi connectivity index (χ3n) is 3.38. The van der Waals surface area contributed by atoms with Gasteiger partial charge in [0.1, 0.15) is 5.82 Å². The van der Waals surface area contributed by atoms with Gasteiger partial charge in [0.05, 0.1) is 5.33 Å². The van der Waals surface area contributed by atoms with Crippen LogP contribution in [0.15, 0.2) is 24.3 Å². The number of rotatable bonds is 3. The van der Waals surface area contributed by atoms with Crippen LogP contribution in [-0.4, -0.2) is 14.8 Å². The van der Waals surface area contributed by atoms with E-state index in [-0.39, 0.29) is 5.41 Å². The van der Waals surface area contributed by atoms with E-state index in [0.29, 0.717) is 6.04 Å². The molecule has 0 bridgehead atoms. The minimum atomic E-state index is 0.0823. The largest absolute Gasteiger partial charge is 0.308 e. The predicted molar refractivity (Wildman–Crippen MR) is 87.2 cm³/mol. The Balaban J connectivity index is 2.67. The number of hydrogen-bond acceptors (Lipinski definition) is 2. The first-order valence-electron chi connectivity index (χ1n) is 6.96. The zero-order chi connectivity index (χ0) is 14.9. The summed E-state index contributed by atoms with van der Waals surface area (Å²) in [6.45, 7) is 11.0. The van der Waals surface area contributed by atoms with Crippen molar-refractivity contribution in [2.75, 3.05) is 0 Å². The van der Waals surface area contributed by atoms with Gasteiger partial charge in [-0.2, -0.15) is 0 Å². The standard InChI is InChI=1S/C16H22BrN3/c1-11(2)20-14(10-17)18-19-15(20)12-8-6-7-9-13(12)16(3,4)5/h6-9,11H,10H2,1-5H3. The van der Waals surface area contributed by atoms with Gasteiger partial charge in [0.25, 0.3) is 0 Å². The van der Waals surface area contributed by atoms with E-state index in [1.54, 1.807) is 0 Å². The van der Waals surface area contributed by atoms with Crippen molar-refractivity contribution >= 4 is 15.9 Å². The maximum Gasteiger partial charge on any atom is 0.164 e. The summed E-state index contributed by atoms with van der Waals surface area (Å²) in [4.78, 5) is 0. The lowest BCUT2D eigenvalue weighted by Gasteiger charge is -2.23. The maximum atomic E-state index is 4.44. The number of benzene rings is 1. The summed E-state index contributed by atoms with van der Waals surface area (Å²) in [5.74, 6) is 1.93. The van der Waals surface area contributed by atoms with E-state index in [1.807, 2.05) is 0 Å². The Morgan fingerprint density at radius 3 is 2.35 bits per heavy atom. The second kappa shape index (κ2) is 5.68. The molecule has 0 saturated heterocycles. The Hall–Kier alpha value is -1.16. The fourth-order valence-electron chi connectivity index (χ4n) is 2.47. The van der Waals surface area contributed by atoms with Gasteiger partial charge >= 0.3 is 0 Å². The lowest BCUT2D eigenvalue weighted by atomic mass is 9.83. The highest BCUT2D eigenvalue weighted by Crippen LogP contribution is 2.33. The number of alkyl halides is 1. The number of aromatic nitrogens is 3. The summed E-state index contributed by atoms with van der Waals surface area (Å²) >= 11 is 3.50. The van der Waals surface area contributed by atoms with Crippen LogP contribution in [-0.2, 0) is 10.7 Å². The third kappa shape index (κ3) is 2.80. The normalized spacial score (nSPS) is 12.2. The molecule has 0 spiro atoms. The molecule has 108 valence electrons. The molecule has 2 rings (SSSR count). The molecule has 1 aromatic carbocycles. The number of nitrogens with zero attached hydrogens (tertiary/aromatic N) is 3. The first-order valence-corrected chi connectivity index (χ1v) is 8.08. The van der Waals surface area contributed by atoms with Crippen LogP contribution in [0.25, 0.3) is 11.4 Å². The summed E-state index contributed by atoms with van der Waals surface area (Å²) in [7, 11) is 0. The Morgan fingerprint density at radius 2 is 1.80 bits per heavy atom. The molecule has 0 saturated carbocycles. The molecule has 0 radical (unpaired) electrons. The van der Waals surface area contributed by atoms with Crippen LogP contribution in [0.3, 0.4) is 0 Å². The van der Waals surface area contributed by atoms with Crippen LogP contribution < -0.4 is 0 Å². The molecule has 0 aliphatic carbocycles. The highest BCUT2D eigenvalue weighted by atomic mass is 79.9. The van der Waals surface area contributed by atoms with Crippen LogP contribution in [0.1, 0.15) is 52.0 Å². The van der Waals surface area contributed by atoms with Gasteiger partial charge in [-0.1, -0.05) is 61.0 Å². The molecule has 0 aliphatic rings. The Morgan fingerprint density at radius 1 is 1.15 bits per heavy atom. The molecule has 2 aromatic rings. The lowest BCUT2D eigenvalue weighted by Crippen LogP contribution is -2.15. The molecule has 3 nitrogen and oxygen atoms in total. The van der Waals surface area contributed by atoms with Gasteiger partial charge in [-0.05, 0) is 24.8 Å². The maximum absolute atomic E-state index is 4.44. The van der Waals surface area contributed by atoms with Gasteiger partial charge in [0, 0.05) is 11.6 Å². The van der Waals surface area contributed by atoms with Crippen molar-refractivity contribution in [2.45, 2.75) is 51.4 Å². The van der Waals surface area contributed by atoms with E-state index in [1.165, 1.54) is 11.1 Å². The molecule has 0 atom stereocenters. The summed E-state index contributed by atoms with van der Waals surface area (Å²) in [6.07, 6.45) is 0. The fourth-order valence-corrected chi connectivity index (χ4v) is 2.86. The molecule has 0 amide bonds. The van der Waals surface area contributed by atoms with E-state index >= 15 is 0 Å². The van der Waals surface area contributed by atoms with Crippen molar-refractivity contribution in [3.8, 4) is 11.4 Å². The molecule has 4 heteroatoms. The van der Waals surface area contributed by atoms with Crippen molar-refractivity contribution in [3.63, 3.8) is 0 Å². The van der Waals surface area contributed by atoms with E-state index < -0.39 is 0 Å². The van der Waals surface area contributed by atoms with E-state index in [2.05, 4.69) is 89.6 Å². The smallest absolute Gasteiger partial charge is 0.164 e. The molecule has 0 fully saturated rings. The van der Waals surface area contributed by atoms with Gasteiger partial charge in [0.15, 0.2) is 5.82 Å². The second-order valence-corrected chi connectivity index (χ2v) is 6.89. The SMILES string of the molecule is CC(C)n1c(CBr)nnc1-c1ccccc1C(C)(C)C. The molecule has 0 aliphatic heterocycles. The van der Waals surface area contributed by atoms with E-state index in [4.69, 9.17) is 0 Å². The lowest BCUT2D eigenvalue weighted by molar-refractivity contribution is 0.575. The summed E-state index contributed by atoms with van der Waals surface area (Å²) in [6, 6.07) is 8.81. The average Bonchev–Trinajstić information content (AvgIpc) is 2.81. The fraction of sp³-hybridized carbons (Fsp3) is 0.500. The molecule has 1 aromatic heterocycles. The van der Waals surface area contributed by atoms with Crippen LogP contribution >= 0.6 is 15.9 Å². The quantitative estimate of drug-likeness (QED) is 0.760. The van der Waals surface area contributed by atoms with Crippen LogP contribution in [0, 0.1) is 0 Å².